The van der Waals surface area contributed by atoms with Gasteiger partial charge in [0.15, 0.2) is 0 Å². The fourth-order valence-electron chi connectivity index (χ4n) is 4.99. The van der Waals surface area contributed by atoms with Gasteiger partial charge in [-0.2, -0.15) is 0 Å². The first-order valence-corrected chi connectivity index (χ1v) is 11.3. The number of hydrogen-bond acceptors (Lipinski definition) is 1. The van der Waals surface area contributed by atoms with Gasteiger partial charge in [0.1, 0.15) is 5.75 Å². The minimum atomic E-state index is 0.870. The summed E-state index contributed by atoms with van der Waals surface area (Å²) in [7, 11) is 1.71. The van der Waals surface area contributed by atoms with Gasteiger partial charge in [0.25, 0.3) is 0 Å². The van der Waals surface area contributed by atoms with Crippen LogP contribution < -0.4 is 4.74 Å². The van der Waals surface area contributed by atoms with Crippen LogP contribution in [0.4, 0.5) is 0 Å². The number of hydrogen-bond donors (Lipinski definition) is 0. The summed E-state index contributed by atoms with van der Waals surface area (Å²) in [6.45, 7) is 2.17. The Labute approximate surface area is 193 Å². The molecule has 0 fully saturated rings. The van der Waals surface area contributed by atoms with Crippen LogP contribution in [0.25, 0.3) is 54.6 Å². The van der Waals surface area contributed by atoms with Crippen molar-refractivity contribution in [1.29, 1.82) is 0 Å². The van der Waals surface area contributed by atoms with Gasteiger partial charge in [0.2, 0.25) is 0 Å². The van der Waals surface area contributed by atoms with Crippen LogP contribution in [0.2, 0.25) is 0 Å². The zero-order chi connectivity index (χ0) is 22.4. The molecule has 0 N–H and O–H groups in total. The minimum absolute atomic E-state index is 0.870. The maximum Gasteiger partial charge on any atom is 0.118 e. The van der Waals surface area contributed by atoms with Crippen molar-refractivity contribution >= 4 is 32.3 Å². The lowest BCUT2D eigenvalue weighted by atomic mass is 9.86. The normalized spacial score (nSPS) is 11.3. The third kappa shape index (κ3) is 3.25. The molecule has 158 valence electrons. The highest BCUT2D eigenvalue weighted by molar-refractivity contribution is 6.29. The summed E-state index contributed by atoms with van der Waals surface area (Å²) >= 11 is 0. The van der Waals surface area contributed by atoms with Crippen LogP contribution in [0.1, 0.15) is 5.56 Å². The molecular weight excluding hydrogens is 400 g/mol. The van der Waals surface area contributed by atoms with Crippen molar-refractivity contribution in [3.05, 3.63) is 115 Å². The van der Waals surface area contributed by atoms with Crippen LogP contribution >= 0.6 is 0 Å². The van der Waals surface area contributed by atoms with Gasteiger partial charge in [0, 0.05) is 0 Å². The molecule has 6 aromatic carbocycles. The van der Waals surface area contributed by atoms with E-state index < -0.39 is 0 Å². The van der Waals surface area contributed by atoms with Gasteiger partial charge in [0.05, 0.1) is 7.11 Å². The molecule has 1 nitrogen and oxygen atoms in total. The van der Waals surface area contributed by atoms with Crippen molar-refractivity contribution in [2.24, 2.45) is 0 Å². The number of rotatable bonds is 3. The minimum Gasteiger partial charge on any atom is -0.497 e. The van der Waals surface area contributed by atoms with E-state index in [1.54, 1.807) is 7.11 Å². The van der Waals surface area contributed by atoms with Crippen molar-refractivity contribution in [2.45, 2.75) is 6.92 Å². The number of methoxy groups -OCH3 is 1. The predicted molar refractivity (Wildman–Crippen MR) is 141 cm³/mol. The van der Waals surface area contributed by atoms with Crippen LogP contribution in [0.15, 0.2) is 109 Å². The van der Waals surface area contributed by atoms with Crippen LogP contribution in [-0.2, 0) is 0 Å². The molecule has 0 aliphatic heterocycles. The summed E-state index contributed by atoms with van der Waals surface area (Å²) in [6, 6.07) is 39.4. The molecule has 0 aliphatic carbocycles. The Hall–Kier alpha value is -4.10. The van der Waals surface area contributed by atoms with E-state index in [1.807, 2.05) is 12.1 Å². The molecule has 0 bridgehead atoms. The molecular formula is C32H24O. The Balaban J connectivity index is 1.80. The molecule has 0 saturated heterocycles. The average molecular weight is 425 g/mol. The maximum absolute atomic E-state index is 5.38. The number of fused-ring (bicyclic) bond motifs is 6. The Morgan fingerprint density at radius 2 is 1.18 bits per heavy atom. The largest absolute Gasteiger partial charge is 0.497 e. The highest BCUT2D eigenvalue weighted by atomic mass is 16.5. The molecule has 0 aliphatic rings. The van der Waals surface area contributed by atoms with Crippen molar-refractivity contribution in [1.82, 2.24) is 0 Å². The van der Waals surface area contributed by atoms with Crippen LogP contribution in [0, 0.1) is 6.92 Å². The van der Waals surface area contributed by atoms with E-state index in [1.165, 1.54) is 60.1 Å². The van der Waals surface area contributed by atoms with E-state index in [-0.39, 0.29) is 0 Å². The second kappa shape index (κ2) is 7.79. The molecule has 0 amide bonds. The molecule has 1 heteroatoms. The molecule has 0 aromatic heterocycles. The number of ether oxygens (including phenoxy) is 1. The van der Waals surface area contributed by atoms with Gasteiger partial charge < -0.3 is 4.74 Å². The molecule has 0 spiro atoms. The third-order valence-corrected chi connectivity index (χ3v) is 6.60. The highest BCUT2D eigenvalue weighted by Gasteiger charge is 2.15. The van der Waals surface area contributed by atoms with E-state index in [4.69, 9.17) is 4.74 Å². The number of aryl methyl sites for hydroxylation is 1. The molecule has 33 heavy (non-hydrogen) atoms. The SMILES string of the molecule is COc1ccc(-c2cc(-c3ccccc3)c3c4ccc(C)cc4c4ccccc4c3c2)cc1. The van der Waals surface area contributed by atoms with Gasteiger partial charge in [-0.3, -0.25) is 0 Å². The van der Waals surface area contributed by atoms with Gasteiger partial charge in [-0.05, 0) is 85.8 Å². The van der Waals surface area contributed by atoms with E-state index >= 15 is 0 Å². The molecule has 0 atom stereocenters. The van der Waals surface area contributed by atoms with Crippen LogP contribution in [0.5, 0.6) is 5.75 Å². The average Bonchev–Trinajstić information content (AvgIpc) is 2.88. The van der Waals surface area contributed by atoms with Gasteiger partial charge in [-0.1, -0.05) is 90.5 Å². The van der Waals surface area contributed by atoms with Gasteiger partial charge in [-0.15, -0.1) is 0 Å². The topological polar surface area (TPSA) is 9.23 Å². The van der Waals surface area contributed by atoms with E-state index in [9.17, 15) is 0 Å². The monoisotopic (exact) mass is 424 g/mol. The molecule has 0 saturated carbocycles. The van der Waals surface area contributed by atoms with Crippen molar-refractivity contribution in [3.63, 3.8) is 0 Å². The van der Waals surface area contributed by atoms with Crippen LogP contribution in [0.3, 0.4) is 0 Å². The first kappa shape index (κ1) is 19.6. The lowest BCUT2D eigenvalue weighted by Gasteiger charge is -2.17. The lowest BCUT2D eigenvalue weighted by molar-refractivity contribution is 0.415. The third-order valence-electron chi connectivity index (χ3n) is 6.60. The molecule has 0 heterocycles. The molecule has 6 rings (SSSR count). The molecule has 0 radical (unpaired) electrons. The summed E-state index contributed by atoms with van der Waals surface area (Å²) < 4.78 is 5.38. The zero-order valence-corrected chi connectivity index (χ0v) is 18.8. The summed E-state index contributed by atoms with van der Waals surface area (Å²) in [6.07, 6.45) is 0. The fourth-order valence-corrected chi connectivity index (χ4v) is 4.99. The van der Waals surface area contributed by atoms with E-state index in [0.717, 1.165) is 5.75 Å². The summed E-state index contributed by atoms with van der Waals surface area (Å²) in [5, 5.41) is 7.80. The van der Waals surface area contributed by atoms with Crippen LogP contribution in [-0.4, -0.2) is 7.11 Å². The summed E-state index contributed by atoms with van der Waals surface area (Å²) in [4.78, 5) is 0. The van der Waals surface area contributed by atoms with Crippen molar-refractivity contribution in [2.75, 3.05) is 7.11 Å². The predicted octanol–water partition coefficient (Wildman–Crippen LogP) is 8.80. The first-order valence-electron chi connectivity index (χ1n) is 11.3. The Bertz CT molecular complexity index is 1630. The number of benzene rings is 6. The van der Waals surface area contributed by atoms with E-state index in [2.05, 4.69) is 104 Å². The Morgan fingerprint density at radius 1 is 0.485 bits per heavy atom. The Kier molecular flexibility index (Phi) is 4.62. The summed E-state index contributed by atoms with van der Waals surface area (Å²) in [5.41, 5.74) is 6.17. The Morgan fingerprint density at radius 3 is 1.91 bits per heavy atom. The molecule has 0 unspecified atom stereocenters. The van der Waals surface area contributed by atoms with E-state index in [0.29, 0.717) is 0 Å². The maximum atomic E-state index is 5.38. The van der Waals surface area contributed by atoms with Gasteiger partial charge in [-0.25, -0.2) is 0 Å². The first-order chi connectivity index (χ1) is 16.2. The molecule has 6 aromatic rings. The standard InChI is InChI=1S/C32H24O/c1-21-12-17-28-30(18-21)26-10-6-7-11-27(26)31-20-24(22-13-15-25(33-2)16-14-22)19-29(32(28)31)23-8-4-3-5-9-23/h3-20H,1-2H3. The van der Waals surface area contributed by atoms with Gasteiger partial charge >= 0.3 is 0 Å². The zero-order valence-electron chi connectivity index (χ0n) is 18.8. The fraction of sp³-hybridized carbons (Fsp3) is 0.0625. The lowest BCUT2D eigenvalue weighted by Crippen LogP contribution is -1.90. The van der Waals surface area contributed by atoms with Crippen molar-refractivity contribution in [3.8, 4) is 28.0 Å². The quantitative estimate of drug-likeness (QED) is 0.258. The second-order valence-electron chi connectivity index (χ2n) is 8.64. The second-order valence-corrected chi connectivity index (χ2v) is 8.64. The highest BCUT2D eigenvalue weighted by Crippen LogP contribution is 2.43. The summed E-state index contributed by atoms with van der Waals surface area (Å²) in [5.74, 6) is 0.870. The smallest absolute Gasteiger partial charge is 0.118 e. The van der Waals surface area contributed by atoms with Crippen molar-refractivity contribution < 1.29 is 4.74 Å².